The van der Waals surface area contributed by atoms with E-state index in [0.29, 0.717) is 12.2 Å². The van der Waals surface area contributed by atoms with Crippen molar-refractivity contribution in [2.45, 2.75) is 12.2 Å². The molecule has 2 heterocycles. The van der Waals surface area contributed by atoms with Gasteiger partial charge in [-0.15, -0.1) is 0 Å². The molecule has 1 aromatic carbocycles. The standard InChI is InChI=1S/C17H16F3N3/c1-23-9-7-15(21)14-10-22-8-6-13(14)16(23)11-2-4-12(5-3-11)17(18,19)20/h2-8,10,16H,9,21H2,1H3. The number of halogens is 3. The fraction of sp³-hybridized carbons (Fsp3) is 0.235. The van der Waals surface area contributed by atoms with Crippen molar-refractivity contribution >= 4 is 5.70 Å². The highest BCUT2D eigenvalue weighted by Gasteiger charge is 2.31. The van der Waals surface area contributed by atoms with Crippen LogP contribution in [-0.4, -0.2) is 23.5 Å². The summed E-state index contributed by atoms with van der Waals surface area (Å²) in [4.78, 5) is 6.14. The van der Waals surface area contributed by atoms with Crippen molar-refractivity contribution in [3.63, 3.8) is 0 Å². The number of nitrogens with zero attached hydrogens (tertiary/aromatic N) is 2. The highest BCUT2D eigenvalue weighted by molar-refractivity contribution is 5.67. The van der Waals surface area contributed by atoms with Crippen LogP contribution in [0.1, 0.15) is 28.3 Å². The van der Waals surface area contributed by atoms with E-state index in [-0.39, 0.29) is 6.04 Å². The van der Waals surface area contributed by atoms with Crippen LogP contribution in [0.3, 0.4) is 0 Å². The Morgan fingerprint density at radius 3 is 2.52 bits per heavy atom. The molecule has 1 atom stereocenters. The Kier molecular flexibility index (Phi) is 3.85. The van der Waals surface area contributed by atoms with Crippen molar-refractivity contribution in [3.8, 4) is 0 Å². The van der Waals surface area contributed by atoms with Gasteiger partial charge in [0.25, 0.3) is 0 Å². The van der Waals surface area contributed by atoms with Crippen molar-refractivity contribution in [3.05, 3.63) is 71.1 Å². The van der Waals surface area contributed by atoms with Crippen LogP contribution >= 0.6 is 0 Å². The summed E-state index contributed by atoms with van der Waals surface area (Å²) < 4.78 is 38.3. The number of hydrogen-bond donors (Lipinski definition) is 1. The average Bonchev–Trinajstić information content (AvgIpc) is 2.64. The van der Waals surface area contributed by atoms with Gasteiger partial charge >= 0.3 is 6.18 Å². The molecule has 120 valence electrons. The Morgan fingerprint density at radius 1 is 1.17 bits per heavy atom. The molecule has 3 nitrogen and oxygen atoms in total. The highest BCUT2D eigenvalue weighted by atomic mass is 19.4. The molecule has 0 radical (unpaired) electrons. The van der Waals surface area contributed by atoms with Crippen LogP contribution in [0.5, 0.6) is 0 Å². The van der Waals surface area contributed by atoms with E-state index in [1.54, 1.807) is 12.4 Å². The van der Waals surface area contributed by atoms with Crippen molar-refractivity contribution in [2.75, 3.05) is 13.6 Å². The molecule has 0 aliphatic carbocycles. The number of nitrogens with two attached hydrogens (primary N) is 1. The van der Waals surface area contributed by atoms with E-state index in [1.807, 2.05) is 24.1 Å². The van der Waals surface area contributed by atoms with Gasteiger partial charge in [-0.25, -0.2) is 0 Å². The van der Waals surface area contributed by atoms with Crippen LogP contribution in [0, 0.1) is 0 Å². The van der Waals surface area contributed by atoms with Crippen molar-refractivity contribution in [1.29, 1.82) is 0 Å². The molecule has 0 spiro atoms. The summed E-state index contributed by atoms with van der Waals surface area (Å²) in [5.74, 6) is 0. The molecule has 2 aromatic rings. The fourth-order valence-corrected chi connectivity index (χ4v) is 2.87. The minimum atomic E-state index is -4.33. The molecule has 1 aliphatic rings. The maximum absolute atomic E-state index is 12.8. The van der Waals surface area contributed by atoms with E-state index < -0.39 is 11.7 Å². The maximum Gasteiger partial charge on any atom is 0.416 e. The Bertz CT molecular complexity index is 735. The van der Waals surface area contributed by atoms with Crippen LogP contribution in [0.15, 0.2) is 48.8 Å². The molecule has 0 bridgehead atoms. The molecule has 1 unspecified atom stereocenters. The van der Waals surface area contributed by atoms with Crippen molar-refractivity contribution in [1.82, 2.24) is 9.88 Å². The minimum Gasteiger partial charge on any atom is -0.398 e. The molecule has 1 aliphatic heterocycles. The zero-order valence-electron chi connectivity index (χ0n) is 12.5. The lowest BCUT2D eigenvalue weighted by molar-refractivity contribution is -0.137. The maximum atomic E-state index is 12.8. The third-order valence-electron chi connectivity index (χ3n) is 4.05. The highest BCUT2D eigenvalue weighted by Crippen LogP contribution is 2.35. The first kappa shape index (κ1) is 15.6. The SMILES string of the molecule is CN1CC=C(N)c2cnccc2C1c1ccc(C(F)(F)F)cc1. The van der Waals surface area contributed by atoms with Gasteiger partial charge in [-0.2, -0.15) is 13.2 Å². The Hall–Kier alpha value is -2.34. The summed E-state index contributed by atoms with van der Waals surface area (Å²) >= 11 is 0. The average molecular weight is 319 g/mol. The lowest BCUT2D eigenvalue weighted by atomic mass is 9.94. The molecule has 0 amide bonds. The molecule has 3 rings (SSSR count). The number of hydrogen-bond acceptors (Lipinski definition) is 3. The van der Waals surface area contributed by atoms with Gasteiger partial charge in [-0.1, -0.05) is 12.1 Å². The van der Waals surface area contributed by atoms with Gasteiger partial charge in [0.1, 0.15) is 0 Å². The van der Waals surface area contributed by atoms with Gasteiger partial charge in [0, 0.05) is 30.2 Å². The lowest BCUT2D eigenvalue weighted by Gasteiger charge is -2.27. The summed E-state index contributed by atoms with van der Waals surface area (Å²) in [6.07, 6.45) is 0.923. The Balaban J connectivity index is 2.06. The molecule has 6 heteroatoms. The van der Waals surface area contributed by atoms with Gasteiger partial charge in [-0.3, -0.25) is 9.88 Å². The molecule has 0 saturated heterocycles. The fourth-order valence-electron chi connectivity index (χ4n) is 2.87. The molecule has 0 saturated carbocycles. The molecular formula is C17H16F3N3. The monoisotopic (exact) mass is 319 g/mol. The quantitative estimate of drug-likeness (QED) is 0.875. The number of likely N-dealkylation sites (N-methyl/N-ethyl adjacent to an activating group) is 1. The van der Waals surface area contributed by atoms with E-state index in [0.717, 1.165) is 28.8 Å². The zero-order chi connectivity index (χ0) is 16.6. The Labute approximate surface area is 132 Å². The predicted molar refractivity (Wildman–Crippen MR) is 82.3 cm³/mol. The van der Waals surface area contributed by atoms with E-state index in [1.165, 1.54) is 12.1 Å². The van der Waals surface area contributed by atoms with Crippen molar-refractivity contribution in [2.24, 2.45) is 5.73 Å². The van der Waals surface area contributed by atoms with Crippen LogP contribution in [0.25, 0.3) is 5.70 Å². The van der Waals surface area contributed by atoms with Gasteiger partial charge in [0.05, 0.1) is 11.6 Å². The summed E-state index contributed by atoms with van der Waals surface area (Å²) in [5, 5.41) is 0. The minimum absolute atomic E-state index is 0.174. The number of pyridine rings is 1. The number of aromatic nitrogens is 1. The Morgan fingerprint density at radius 2 is 1.87 bits per heavy atom. The number of fused-ring (bicyclic) bond motifs is 1. The molecule has 23 heavy (non-hydrogen) atoms. The van der Waals surface area contributed by atoms with E-state index in [2.05, 4.69) is 4.98 Å². The molecule has 1 aromatic heterocycles. The van der Waals surface area contributed by atoms with Crippen LogP contribution in [0.4, 0.5) is 13.2 Å². The topological polar surface area (TPSA) is 42.1 Å². The second kappa shape index (κ2) is 5.70. The number of rotatable bonds is 1. The van der Waals surface area contributed by atoms with Crippen LogP contribution in [0.2, 0.25) is 0 Å². The summed E-state index contributed by atoms with van der Waals surface area (Å²) in [5.41, 5.74) is 8.61. The summed E-state index contributed by atoms with van der Waals surface area (Å²) in [6, 6.07) is 6.97. The number of benzene rings is 1. The van der Waals surface area contributed by atoms with Gasteiger partial charge < -0.3 is 5.73 Å². The molecule has 2 N–H and O–H groups in total. The largest absolute Gasteiger partial charge is 0.416 e. The second-order valence-electron chi connectivity index (χ2n) is 5.58. The first-order valence-corrected chi connectivity index (χ1v) is 7.15. The second-order valence-corrected chi connectivity index (χ2v) is 5.58. The van der Waals surface area contributed by atoms with E-state index in [9.17, 15) is 13.2 Å². The molecule has 0 fully saturated rings. The van der Waals surface area contributed by atoms with E-state index in [4.69, 9.17) is 5.73 Å². The summed E-state index contributed by atoms with van der Waals surface area (Å²) in [6.45, 7) is 0.603. The smallest absolute Gasteiger partial charge is 0.398 e. The van der Waals surface area contributed by atoms with Crippen LogP contribution < -0.4 is 5.73 Å². The first-order valence-electron chi connectivity index (χ1n) is 7.15. The van der Waals surface area contributed by atoms with Crippen LogP contribution in [-0.2, 0) is 6.18 Å². The summed E-state index contributed by atoms with van der Waals surface area (Å²) in [7, 11) is 1.92. The van der Waals surface area contributed by atoms with Gasteiger partial charge in [0.15, 0.2) is 0 Å². The molecular weight excluding hydrogens is 303 g/mol. The van der Waals surface area contributed by atoms with Gasteiger partial charge in [0.2, 0.25) is 0 Å². The third kappa shape index (κ3) is 2.94. The predicted octanol–water partition coefficient (Wildman–Crippen LogP) is 3.43. The van der Waals surface area contributed by atoms with Crippen molar-refractivity contribution < 1.29 is 13.2 Å². The third-order valence-corrected chi connectivity index (χ3v) is 4.05. The van der Waals surface area contributed by atoms with Gasteiger partial charge in [-0.05, 0) is 42.4 Å². The zero-order valence-corrected chi connectivity index (χ0v) is 12.5. The number of alkyl halides is 3. The normalized spacial score (nSPS) is 19.0. The van der Waals surface area contributed by atoms with E-state index >= 15 is 0 Å². The first-order chi connectivity index (χ1) is 10.9. The lowest BCUT2D eigenvalue weighted by Crippen LogP contribution is -2.25.